The summed E-state index contributed by atoms with van der Waals surface area (Å²) in [5.74, 6) is -0.0124. The summed E-state index contributed by atoms with van der Waals surface area (Å²) in [6.07, 6.45) is 5.85. The van der Waals surface area contributed by atoms with Gasteiger partial charge in [-0.3, -0.25) is 9.98 Å². The van der Waals surface area contributed by atoms with Gasteiger partial charge in [0.2, 0.25) is 10.0 Å². The fourth-order valence-corrected chi connectivity index (χ4v) is 7.98. The van der Waals surface area contributed by atoms with Gasteiger partial charge in [-0.1, -0.05) is 30.7 Å². The molecule has 0 radical (unpaired) electrons. The van der Waals surface area contributed by atoms with Crippen molar-refractivity contribution < 1.29 is 21.6 Å². The van der Waals surface area contributed by atoms with Gasteiger partial charge in [0.15, 0.2) is 10.8 Å². The molecule has 1 unspecified atom stereocenters. The van der Waals surface area contributed by atoms with E-state index in [1.54, 1.807) is 17.8 Å². The van der Waals surface area contributed by atoms with Crippen LogP contribution in [-0.4, -0.2) is 57.2 Å². The summed E-state index contributed by atoms with van der Waals surface area (Å²) >= 11 is 7.86. The van der Waals surface area contributed by atoms with E-state index >= 15 is 0 Å². The summed E-state index contributed by atoms with van der Waals surface area (Å²) in [6, 6.07) is 9.68. The first-order chi connectivity index (χ1) is 21.6. The number of hydrogen-bond donors (Lipinski definition) is 1. The molecule has 236 valence electrons. The summed E-state index contributed by atoms with van der Waals surface area (Å²) < 4.78 is 71.1. The highest BCUT2D eigenvalue weighted by Crippen LogP contribution is 2.46. The first-order valence-corrected chi connectivity index (χ1v) is 17.2. The van der Waals surface area contributed by atoms with Crippen molar-refractivity contribution in [2.75, 3.05) is 12.3 Å². The van der Waals surface area contributed by atoms with E-state index in [1.807, 2.05) is 30.0 Å². The van der Waals surface area contributed by atoms with Gasteiger partial charge in [0, 0.05) is 70.5 Å². The van der Waals surface area contributed by atoms with E-state index < -0.39 is 34.5 Å². The molecule has 0 aliphatic carbocycles. The number of nitrogens with zero attached hydrogens (tertiary/aromatic N) is 6. The van der Waals surface area contributed by atoms with Crippen molar-refractivity contribution in [2.24, 2.45) is 4.99 Å². The number of fused-ring (bicyclic) bond motifs is 1. The lowest BCUT2D eigenvalue weighted by Gasteiger charge is -2.32. The van der Waals surface area contributed by atoms with Gasteiger partial charge in [0.25, 0.3) is 0 Å². The third-order valence-electron chi connectivity index (χ3n) is 7.81. The van der Waals surface area contributed by atoms with Crippen LogP contribution in [-0.2, 0) is 10.0 Å². The van der Waals surface area contributed by atoms with E-state index in [-0.39, 0.29) is 35.4 Å². The van der Waals surface area contributed by atoms with Gasteiger partial charge in [-0.05, 0) is 49.1 Å². The number of benzene rings is 1. The SMILES string of the molecule is CC(CCCS(=O)(=O)N[C@H]1CC2=C(c3ccn(C(F)F)n3)[C@H](c3ccc(F)cc3Cl)N=C(c3nccs3)N2C1)c1ccccn1. The smallest absolute Gasteiger partial charge is 0.326 e. The molecule has 1 fully saturated rings. The van der Waals surface area contributed by atoms with Crippen molar-refractivity contribution in [1.29, 1.82) is 0 Å². The standard InChI is InChI=1S/C30H29ClF3N7O2S2/c1-18(23-6-2-3-10-35-23)5-4-14-45(42,43)39-20-16-25-26(24-9-12-41(38-24)30(33)34)27(21-8-7-19(32)15-22(21)31)37-28(40(25)17-20)29-36-11-13-44-29/h2-3,6-13,15,18,20,27,30,39H,4-5,14,16-17H2,1H3/t18?,20-,27-/m0/s1. The Morgan fingerprint density at radius 2 is 2.00 bits per heavy atom. The minimum absolute atomic E-state index is 0.0629. The zero-order valence-corrected chi connectivity index (χ0v) is 26.4. The van der Waals surface area contributed by atoms with Crippen LogP contribution in [0.3, 0.4) is 0 Å². The maximum absolute atomic E-state index is 14.1. The molecular weight excluding hydrogens is 647 g/mol. The molecule has 9 nitrogen and oxygen atoms in total. The molecule has 6 rings (SSSR count). The molecule has 0 spiro atoms. The van der Waals surface area contributed by atoms with E-state index in [0.29, 0.717) is 45.2 Å². The molecule has 1 aromatic carbocycles. The summed E-state index contributed by atoms with van der Waals surface area (Å²) in [4.78, 5) is 15.6. The second-order valence-electron chi connectivity index (χ2n) is 10.9. The Labute approximate surface area is 267 Å². The Morgan fingerprint density at radius 1 is 1.16 bits per heavy atom. The van der Waals surface area contributed by atoms with Crippen LogP contribution in [0.5, 0.6) is 0 Å². The van der Waals surface area contributed by atoms with Crippen molar-refractivity contribution in [2.45, 2.75) is 50.7 Å². The number of aromatic nitrogens is 4. The van der Waals surface area contributed by atoms with Gasteiger partial charge in [0.05, 0.1) is 11.4 Å². The highest BCUT2D eigenvalue weighted by atomic mass is 35.5. The molecule has 1 saturated heterocycles. The van der Waals surface area contributed by atoms with Crippen LogP contribution in [0, 0.1) is 5.82 Å². The van der Waals surface area contributed by atoms with Gasteiger partial charge < -0.3 is 4.90 Å². The molecule has 45 heavy (non-hydrogen) atoms. The lowest BCUT2D eigenvalue weighted by Crippen LogP contribution is -2.40. The van der Waals surface area contributed by atoms with Crippen LogP contribution in [0.4, 0.5) is 13.2 Å². The predicted molar refractivity (Wildman–Crippen MR) is 167 cm³/mol. The Hall–Kier alpha value is -3.59. The fraction of sp³-hybridized carbons (Fsp3) is 0.333. The average Bonchev–Trinajstić information content (AvgIpc) is 3.78. The summed E-state index contributed by atoms with van der Waals surface area (Å²) in [5, 5.41) is 6.61. The number of rotatable bonds is 11. The first kappa shape index (κ1) is 31.4. The van der Waals surface area contributed by atoms with Crippen LogP contribution < -0.4 is 4.72 Å². The molecule has 2 aliphatic heterocycles. The number of amidine groups is 1. The lowest BCUT2D eigenvalue weighted by molar-refractivity contribution is 0.0564. The molecule has 3 atom stereocenters. The second kappa shape index (κ2) is 13.0. The minimum atomic E-state index is -3.68. The van der Waals surface area contributed by atoms with Crippen molar-refractivity contribution in [1.82, 2.24) is 29.4 Å². The van der Waals surface area contributed by atoms with Gasteiger partial charge in [-0.15, -0.1) is 11.3 Å². The van der Waals surface area contributed by atoms with Crippen molar-refractivity contribution in [3.05, 3.63) is 105 Å². The number of hydrogen-bond acceptors (Lipinski definition) is 8. The van der Waals surface area contributed by atoms with E-state index in [0.717, 1.165) is 5.69 Å². The monoisotopic (exact) mass is 675 g/mol. The largest absolute Gasteiger partial charge is 0.333 e. The topological polar surface area (TPSA) is 105 Å². The number of aliphatic imine (C=N–C) groups is 1. The van der Waals surface area contributed by atoms with Gasteiger partial charge in [-0.25, -0.2) is 27.2 Å². The third-order valence-corrected chi connectivity index (χ3v) is 10.4. The number of pyridine rings is 1. The zero-order valence-electron chi connectivity index (χ0n) is 24.0. The van der Waals surface area contributed by atoms with Crippen LogP contribution in [0.1, 0.15) is 66.7 Å². The molecule has 5 heterocycles. The van der Waals surface area contributed by atoms with E-state index in [1.165, 1.54) is 41.8 Å². The van der Waals surface area contributed by atoms with Crippen LogP contribution in [0.15, 0.2) is 77.1 Å². The van der Waals surface area contributed by atoms with Crippen molar-refractivity contribution in [3.8, 4) is 0 Å². The molecule has 1 N–H and O–H groups in total. The predicted octanol–water partition coefficient (Wildman–Crippen LogP) is 6.41. The lowest BCUT2D eigenvalue weighted by atomic mass is 9.92. The van der Waals surface area contributed by atoms with Crippen molar-refractivity contribution in [3.63, 3.8) is 0 Å². The minimum Gasteiger partial charge on any atom is -0.326 e. The summed E-state index contributed by atoms with van der Waals surface area (Å²) in [6.45, 7) is -0.612. The number of nitrogens with one attached hydrogen (secondary N) is 1. The normalized spacial score (nSPS) is 19.2. The molecule has 3 aromatic heterocycles. The molecule has 0 amide bonds. The maximum atomic E-state index is 14.1. The Kier molecular flexibility index (Phi) is 9.09. The quantitative estimate of drug-likeness (QED) is 0.197. The number of alkyl halides is 2. The Morgan fingerprint density at radius 3 is 2.69 bits per heavy atom. The first-order valence-electron chi connectivity index (χ1n) is 14.3. The fourth-order valence-electron chi connectivity index (χ4n) is 5.74. The average molecular weight is 676 g/mol. The van der Waals surface area contributed by atoms with E-state index in [2.05, 4.69) is 19.8 Å². The van der Waals surface area contributed by atoms with E-state index in [4.69, 9.17) is 16.6 Å². The van der Waals surface area contributed by atoms with Gasteiger partial charge in [-0.2, -0.15) is 13.9 Å². The number of sulfonamides is 1. The molecule has 0 bridgehead atoms. The van der Waals surface area contributed by atoms with Gasteiger partial charge in [0.1, 0.15) is 11.9 Å². The third kappa shape index (κ3) is 6.83. The molecule has 15 heteroatoms. The molecular formula is C30H29ClF3N7O2S2. The zero-order chi connectivity index (χ0) is 31.7. The summed E-state index contributed by atoms with van der Waals surface area (Å²) in [5.41, 5.74) is 2.72. The molecule has 4 aromatic rings. The van der Waals surface area contributed by atoms with E-state index in [9.17, 15) is 21.6 Å². The molecule has 2 aliphatic rings. The Bertz CT molecular complexity index is 1830. The van der Waals surface area contributed by atoms with Crippen LogP contribution in [0.2, 0.25) is 5.02 Å². The highest BCUT2D eigenvalue weighted by Gasteiger charge is 2.42. The number of halogens is 4. The van der Waals surface area contributed by atoms with Crippen molar-refractivity contribution >= 4 is 44.4 Å². The summed E-state index contributed by atoms with van der Waals surface area (Å²) in [7, 11) is -3.68. The number of thiazole rings is 1. The van der Waals surface area contributed by atoms with Crippen LogP contribution >= 0.6 is 22.9 Å². The maximum Gasteiger partial charge on any atom is 0.333 e. The van der Waals surface area contributed by atoms with Crippen LogP contribution in [0.25, 0.3) is 5.57 Å². The molecule has 0 saturated carbocycles. The van der Waals surface area contributed by atoms with Gasteiger partial charge >= 0.3 is 6.55 Å². The Balaban J connectivity index is 1.32. The highest BCUT2D eigenvalue weighted by molar-refractivity contribution is 7.89. The second-order valence-corrected chi connectivity index (χ2v) is 14.1.